The van der Waals surface area contributed by atoms with Crippen molar-refractivity contribution < 1.29 is 23.1 Å². The van der Waals surface area contributed by atoms with Gasteiger partial charge in [0.25, 0.3) is 17.0 Å². The van der Waals surface area contributed by atoms with Crippen LogP contribution in [0.2, 0.25) is 0 Å². The number of anilines is 2. The van der Waals surface area contributed by atoms with Crippen molar-refractivity contribution in [2.45, 2.75) is 5.22 Å². The number of carbonyl (C=O) groups is 2. The standard InChI is InChI=1S/C28H26FN5O4S/c1-37-24-8-3-2-7-23(24)26-31-32-28(38-26)39-18-25(35)30-21-9-11-22(12-10-21)33-13-15-34(16-14-33)27(36)19-5-4-6-20(29)17-19/h2-12,17H,13-16,18H2,1H3,(H,30,35). The average molecular weight is 548 g/mol. The maximum atomic E-state index is 13.5. The van der Waals surface area contributed by atoms with Crippen molar-refractivity contribution in [1.82, 2.24) is 15.1 Å². The maximum Gasteiger partial charge on any atom is 0.277 e. The first-order valence-corrected chi connectivity index (χ1v) is 13.3. The number of hydrogen-bond donors (Lipinski definition) is 1. The number of thioether (sulfide) groups is 1. The third-order valence-electron chi connectivity index (χ3n) is 6.23. The summed E-state index contributed by atoms with van der Waals surface area (Å²) in [5.74, 6) is 0.272. The molecular formula is C28H26FN5O4S. The number of piperazine rings is 1. The smallest absolute Gasteiger partial charge is 0.277 e. The molecule has 39 heavy (non-hydrogen) atoms. The predicted octanol–water partition coefficient (Wildman–Crippen LogP) is 4.58. The van der Waals surface area contributed by atoms with Gasteiger partial charge < -0.3 is 24.3 Å². The Bertz CT molecular complexity index is 1450. The monoisotopic (exact) mass is 547 g/mol. The summed E-state index contributed by atoms with van der Waals surface area (Å²) in [4.78, 5) is 29.0. The maximum absolute atomic E-state index is 13.5. The average Bonchev–Trinajstić information content (AvgIpc) is 3.45. The number of aromatic nitrogens is 2. The van der Waals surface area contributed by atoms with Crippen LogP contribution in [-0.4, -0.2) is 66.0 Å². The van der Waals surface area contributed by atoms with Crippen molar-refractivity contribution in [3.05, 3.63) is 84.2 Å². The van der Waals surface area contributed by atoms with Crippen LogP contribution in [0.4, 0.5) is 15.8 Å². The number of carbonyl (C=O) groups excluding carboxylic acids is 2. The lowest BCUT2D eigenvalue weighted by Crippen LogP contribution is -2.48. The van der Waals surface area contributed by atoms with Gasteiger partial charge in [0.2, 0.25) is 5.91 Å². The van der Waals surface area contributed by atoms with Gasteiger partial charge in [0.1, 0.15) is 11.6 Å². The van der Waals surface area contributed by atoms with E-state index < -0.39 is 5.82 Å². The summed E-state index contributed by atoms with van der Waals surface area (Å²) >= 11 is 1.15. The Kier molecular flexibility index (Phi) is 8.07. The van der Waals surface area contributed by atoms with E-state index in [4.69, 9.17) is 9.15 Å². The van der Waals surface area contributed by atoms with Gasteiger partial charge in [-0.25, -0.2) is 4.39 Å². The van der Waals surface area contributed by atoms with E-state index in [0.29, 0.717) is 54.6 Å². The summed E-state index contributed by atoms with van der Waals surface area (Å²) in [7, 11) is 1.57. The van der Waals surface area contributed by atoms with Crippen LogP contribution in [0.3, 0.4) is 0 Å². The summed E-state index contributed by atoms with van der Waals surface area (Å²) in [6, 6.07) is 20.7. The molecular weight excluding hydrogens is 521 g/mol. The zero-order valence-corrected chi connectivity index (χ0v) is 22.0. The van der Waals surface area contributed by atoms with Crippen molar-refractivity contribution in [1.29, 1.82) is 0 Å². The van der Waals surface area contributed by atoms with Gasteiger partial charge in [-0.05, 0) is 54.6 Å². The Balaban J connectivity index is 1.09. The molecule has 0 spiro atoms. The van der Waals surface area contributed by atoms with E-state index in [1.165, 1.54) is 12.1 Å². The minimum Gasteiger partial charge on any atom is -0.496 e. The highest BCUT2D eigenvalue weighted by Crippen LogP contribution is 2.30. The Morgan fingerprint density at radius 1 is 1.00 bits per heavy atom. The number of ether oxygens (including phenoxy) is 1. The molecule has 0 bridgehead atoms. The number of benzene rings is 3. The van der Waals surface area contributed by atoms with Gasteiger partial charge in [0.05, 0.1) is 18.4 Å². The number of nitrogens with zero attached hydrogens (tertiary/aromatic N) is 4. The Morgan fingerprint density at radius 3 is 2.51 bits per heavy atom. The number of rotatable bonds is 8. The minimum atomic E-state index is -0.418. The molecule has 1 aliphatic heterocycles. The molecule has 11 heteroatoms. The van der Waals surface area contributed by atoms with Crippen LogP contribution in [0, 0.1) is 5.82 Å². The number of hydrogen-bond acceptors (Lipinski definition) is 8. The first kappa shape index (κ1) is 26.2. The van der Waals surface area contributed by atoms with Gasteiger partial charge in [-0.2, -0.15) is 0 Å². The zero-order chi connectivity index (χ0) is 27.2. The Hall–Kier alpha value is -4.38. The van der Waals surface area contributed by atoms with E-state index in [2.05, 4.69) is 20.4 Å². The third-order valence-corrected chi connectivity index (χ3v) is 7.04. The normalized spacial score (nSPS) is 13.3. The molecule has 2 amide bonds. The molecule has 5 rings (SSSR count). The van der Waals surface area contributed by atoms with Gasteiger partial charge in [-0.1, -0.05) is 30.0 Å². The van der Waals surface area contributed by atoms with Gasteiger partial charge in [0, 0.05) is 43.1 Å². The largest absolute Gasteiger partial charge is 0.496 e. The Labute approximate surface area is 229 Å². The molecule has 4 aromatic rings. The zero-order valence-electron chi connectivity index (χ0n) is 21.2. The van der Waals surface area contributed by atoms with Crippen LogP contribution in [0.5, 0.6) is 5.75 Å². The van der Waals surface area contributed by atoms with E-state index in [1.807, 2.05) is 42.5 Å². The minimum absolute atomic E-state index is 0.108. The SMILES string of the molecule is COc1ccccc1-c1nnc(SCC(=O)Nc2ccc(N3CCN(C(=O)c4cccc(F)c4)CC3)cc2)o1. The fourth-order valence-electron chi connectivity index (χ4n) is 4.25. The number of halogens is 1. The van der Waals surface area contributed by atoms with E-state index in [0.717, 1.165) is 17.4 Å². The van der Waals surface area contributed by atoms with Crippen LogP contribution in [0.25, 0.3) is 11.5 Å². The lowest BCUT2D eigenvalue weighted by atomic mass is 10.1. The van der Waals surface area contributed by atoms with E-state index in [1.54, 1.807) is 30.2 Å². The van der Waals surface area contributed by atoms with Gasteiger partial charge in [-0.15, -0.1) is 10.2 Å². The predicted molar refractivity (Wildman–Crippen MR) is 147 cm³/mol. The van der Waals surface area contributed by atoms with Crippen molar-refractivity contribution in [2.24, 2.45) is 0 Å². The lowest BCUT2D eigenvalue weighted by Gasteiger charge is -2.36. The summed E-state index contributed by atoms with van der Waals surface area (Å²) < 4.78 is 24.5. The molecule has 1 aromatic heterocycles. The van der Waals surface area contributed by atoms with Crippen molar-refractivity contribution >= 4 is 35.0 Å². The molecule has 1 fully saturated rings. The molecule has 0 radical (unpaired) electrons. The molecule has 200 valence electrons. The van der Waals surface area contributed by atoms with Crippen LogP contribution in [0.15, 0.2) is 82.4 Å². The third kappa shape index (κ3) is 6.37. The molecule has 9 nitrogen and oxygen atoms in total. The molecule has 3 aromatic carbocycles. The summed E-state index contributed by atoms with van der Waals surface area (Å²) in [6.07, 6.45) is 0. The Morgan fingerprint density at radius 2 is 1.77 bits per heavy atom. The van der Waals surface area contributed by atoms with Gasteiger partial charge in [0.15, 0.2) is 0 Å². The topological polar surface area (TPSA) is 101 Å². The lowest BCUT2D eigenvalue weighted by molar-refractivity contribution is -0.113. The summed E-state index contributed by atoms with van der Waals surface area (Å²) in [5.41, 5.74) is 2.71. The van der Waals surface area contributed by atoms with E-state index >= 15 is 0 Å². The second kappa shape index (κ2) is 12.0. The van der Waals surface area contributed by atoms with Crippen molar-refractivity contribution in [3.63, 3.8) is 0 Å². The fraction of sp³-hybridized carbons (Fsp3) is 0.214. The van der Waals surface area contributed by atoms with E-state index in [9.17, 15) is 14.0 Å². The molecule has 0 atom stereocenters. The van der Waals surface area contributed by atoms with Crippen molar-refractivity contribution in [2.75, 3.05) is 49.3 Å². The number of amides is 2. The number of nitrogens with one attached hydrogen (secondary N) is 1. The molecule has 0 saturated carbocycles. The highest BCUT2D eigenvalue weighted by molar-refractivity contribution is 7.99. The molecule has 0 aliphatic carbocycles. The van der Waals surface area contributed by atoms with Gasteiger partial charge in [-0.3, -0.25) is 9.59 Å². The second-order valence-corrected chi connectivity index (χ2v) is 9.67. The fourth-order valence-corrected chi connectivity index (χ4v) is 4.81. The van der Waals surface area contributed by atoms with Gasteiger partial charge >= 0.3 is 0 Å². The highest BCUT2D eigenvalue weighted by Gasteiger charge is 2.22. The first-order chi connectivity index (χ1) is 19.0. The quantitative estimate of drug-likeness (QED) is 0.320. The van der Waals surface area contributed by atoms with E-state index in [-0.39, 0.29) is 22.8 Å². The van der Waals surface area contributed by atoms with Crippen LogP contribution < -0.4 is 15.0 Å². The summed E-state index contributed by atoms with van der Waals surface area (Å²) in [5, 5.41) is 11.2. The van der Waals surface area contributed by atoms with Crippen molar-refractivity contribution in [3.8, 4) is 17.2 Å². The molecule has 2 heterocycles. The van der Waals surface area contributed by atoms with Crippen LogP contribution in [0.1, 0.15) is 10.4 Å². The number of para-hydroxylation sites is 1. The molecule has 0 unspecified atom stereocenters. The second-order valence-electron chi connectivity index (χ2n) is 8.75. The summed E-state index contributed by atoms with van der Waals surface area (Å²) in [6.45, 7) is 2.40. The highest BCUT2D eigenvalue weighted by atomic mass is 32.2. The molecule has 1 N–H and O–H groups in total. The van der Waals surface area contributed by atoms with Crippen LogP contribution in [-0.2, 0) is 4.79 Å². The molecule has 1 saturated heterocycles. The van der Waals surface area contributed by atoms with Crippen LogP contribution >= 0.6 is 11.8 Å². The first-order valence-electron chi connectivity index (χ1n) is 12.3. The molecule has 1 aliphatic rings. The number of methoxy groups -OCH3 is 1.